The van der Waals surface area contributed by atoms with E-state index in [0.29, 0.717) is 5.75 Å². The Hall–Kier alpha value is -2.47. The van der Waals surface area contributed by atoms with Crippen molar-refractivity contribution in [2.45, 2.75) is 6.92 Å². The summed E-state index contributed by atoms with van der Waals surface area (Å²) in [5.74, 6) is 0.708. The second kappa shape index (κ2) is 5.92. The molecule has 3 heteroatoms. The van der Waals surface area contributed by atoms with E-state index < -0.39 is 0 Å². The van der Waals surface area contributed by atoms with Gasteiger partial charge in [-0.05, 0) is 48.9 Å². The van der Waals surface area contributed by atoms with Crippen molar-refractivity contribution >= 4 is 5.70 Å². The highest BCUT2D eigenvalue weighted by Gasteiger charge is 2.13. The second-order valence-electron chi connectivity index (χ2n) is 4.12. The number of hydrogen-bond acceptors (Lipinski definition) is 3. The lowest BCUT2D eigenvalue weighted by atomic mass is 10.1. The van der Waals surface area contributed by atoms with Crippen molar-refractivity contribution in [3.8, 4) is 11.8 Å². The van der Waals surface area contributed by atoms with Gasteiger partial charge in [0.2, 0.25) is 0 Å². The number of ether oxygens (including phenoxy) is 1. The molecule has 0 saturated heterocycles. The molecule has 0 atom stereocenters. The average molecular weight is 252 g/mol. The van der Waals surface area contributed by atoms with Crippen LogP contribution in [0.15, 0.2) is 54.8 Å². The van der Waals surface area contributed by atoms with Gasteiger partial charge in [-0.15, -0.1) is 0 Å². The number of allylic oxidation sites excluding steroid dienone is 3. The third-order valence-electron chi connectivity index (χ3n) is 2.95. The van der Waals surface area contributed by atoms with Gasteiger partial charge < -0.3 is 9.64 Å². The summed E-state index contributed by atoms with van der Waals surface area (Å²) in [6, 6.07) is 9.70. The first kappa shape index (κ1) is 13.0. The quantitative estimate of drug-likeness (QED) is 0.824. The summed E-state index contributed by atoms with van der Waals surface area (Å²) >= 11 is 0. The molecule has 0 radical (unpaired) electrons. The molecule has 2 rings (SSSR count). The van der Waals surface area contributed by atoms with E-state index >= 15 is 0 Å². The van der Waals surface area contributed by atoms with Gasteiger partial charge in [-0.25, -0.2) is 0 Å². The third kappa shape index (κ3) is 2.86. The van der Waals surface area contributed by atoms with Crippen LogP contribution in [-0.2, 0) is 0 Å². The van der Waals surface area contributed by atoms with Gasteiger partial charge in [-0.2, -0.15) is 5.26 Å². The largest absolute Gasteiger partial charge is 0.479 e. The molecule has 1 aromatic carbocycles. The fraction of sp³-hybridized carbons (Fsp3) is 0.188. The zero-order valence-corrected chi connectivity index (χ0v) is 11.0. The van der Waals surface area contributed by atoms with Gasteiger partial charge in [0.25, 0.3) is 0 Å². The van der Waals surface area contributed by atoms with Gasteiger partial charge >= 0.3 is 0 Å². The number of nitrogens with zero attached hydrogens (tertiary/aromatic N) is 2. The summed E-state index contributed by atoms with van der Waals surface area (Å²) in [4.78, 5) is 2.16. The molecule has 0 amide bonds. The van der Waals surface area contributed by atoms with E-state index in [0.717, 1.165) is 23.5 Å². The SMILES string of the molecule is C=C1C=CC=C(c2ccc(OCC#N)cc2)N1CC. The van der Waals surface area contributed by atoms with E-state index in [1.54, 1.807) is 0 Å². The number of hydrogen-bond donors (Lipinski definition) is 0. The lowest BCUT2D eigenvalue weighted by Crippen LogP contribution is -2.21. The van der Waals surface area contributed by atoms with Gasteiger partial charge in [-0.1, -0.05) is 12.7 Å². The molecule has 0 bridgehead atoms. The Labute approximate surface area is 113 Å². The van der Waals surface area contributed by atoms with E-state index in [-0.39, 0.29) is 6.61 Å². The maximum atomic E-state index is 8.47. The highest BCUT2D eigenvalue weighted by atomic mass is 16.5. The first-order chi connectivity index (χ1) is 9.26. The fourth-order valence-corrected chi connectivity index (χ4v) is 2.05. The summed E-state index contributed by atoms with van der Waals surface area (Å²) in [6.07, 6.45) is 6.07. The molecular weight excluding hydrogens is 236 g/mol. The molecule has 0 fully saturated rings. The Morgan fingerprint density at radius 2 is 2.05 bits per heavy atom. The van der Waals surface area contributed by atoms with Crippen LogP contribution in [0.5, 0.6) is 5.75 Å². The molecule has 0 saturated carbocycles. The van der Waals surface area contributed by atoms with Gasteiger partial charge in [-0.3, -0.25) is 0 Å². The summed E-state index contributed by atoms with van der Waals surface area (Å²) < 4.78 is 5.25. The molecule has 0 spiro atoms. The van der Waals surface area contributed by atoms with Crippen LogP contribution in [0.3, 0.4) is 0 Å². The van der Waals surface area contributed by atoms with Crippen molar-refractivity contribution in [2.75, 3.05) is 13.2 Å². The Bertz CT molecular complexity index is 561. The van der Waals surface area contributed by atoms with Crippen molar-refractivity contribution in [2.24, 2.45) is 0 Å². The Balaban J connectivity index is 2.22. The highest BCUT2D eigenvalue weighted by molar-refractivity contribution is 5.69. The summed E-state index contributed by atoms with van der Waals surface area (Å²) in [5, 5.41) is 8.47. The van der Waals surface area contributed by atoms with E-state index in [9.17, 15) is 0 Å². The van der Waals surface area contributed by atoms with Gasteiger partial charge in [0.1, 0.15) is 11.8 Å². The van der Waals surface area contributed by atoms with Crippen LogP contribution in [0.1, 0.15) is 12.5 Å². The Kier molecular flexibility index (Phi) is 4.04. The van der Waals surface area contributed by atoms with Crippen molar-refractivity contribution < 1.29 is 4.74 Å². The monoisotopic (exact) mass is 252 g/mol. The normalized spacial score (nSPS) is 14.0. The van der Waals surface area contributed by atoms with Crippen molar-refractivity contribution in [3.05, 3.63) is 60.3 Å². The molecule has 1 aromatic rings. The zero-order valence-electron chi connectivity index (χ0n) is 11.0. The second-order valence-corrected chi connectivity index (χ2v) is 4.12. The average Bonchev–Trinajstić information content (AvgIpc) is 2.45. The molecule has 96 valence electrons. The molecule has 19 heavy (non-hydrogen) atoms. The van der Waals surface area contributed by atoms with Crippen LogP contribution in [0.2, 0.25) is 0 Å². The molecule has 1 aliphatic rings. The fourth-order valence-electron chi connectivity index (χ4n) is 2.05. The minimum Gasteiger partial charge on any atom is -0.479 e. The predicted octanol–water partition coefficient (Wildman–Crippen LogP) is 3.34. The smallest absolute Gasteiger partial charge is 0.174 e. The zero-order chi connectivity index (χ0) is 13.7. The van der Waals surface area contributed by atoms with Crippen molar-refractivity contribution in [1.29, 1.82) is 5.26 Å². The van der Waals surface area contributed by atoms with Crippen LogP contribution in [-0.4, -0.2) is 18.1 Å². The van der Waals surface area contributed by atoms with E-state index in [4.69, 9.17) is 10.00 Å². The van der Waals surface area contributed by atoms with Crippen LogP contribution >= 0.6 is 0 Å². The van der Waals surface area contributed by atoms with Gasteiger partial charge in [0, 0.05) is 17.9 Å². The summed E-state index contributed by atoms with van der Waals surface area (Å²) in [7, 11) is 0. The van der Waals surface area contributed by atoms with Crippen molar-refractivity contribution in [1.82, 2.24) is 4.90 Å². The standard InChI is InChI=1S/C16H16N2O/c1-3-18-13(2)5-4-6-16(18)14-7-9-15(10-8-14)19-12-11-17/h4-10H,2-3,12H2,1H3. The lowest BCUT2D eigenvalue weighted by Gasteiger charge is -2.28. The first-order valence-electron chi connectivity index (χ1n) is 6.21. The van der Waals surface area contributed by atoms with Crippen LogP contribution in [0.4, 0.5) is 0 Å². The molecule has 0 unspecified atom stereocenters. The topological polar surface area (TPSA) is 36.3 Å². The molecule has 0 N–H and O–H groups in total. The number of nitriles is 1. The molecule has 3 nitrogen and oxygen atoms in total. The maximum absolute atomic E-state index is 8.47. The Morgan fingerprint density at radius 3 is 2.68 bits per heavy atom. The highest BCUT2D eigenvalue weighted by Crippen LogP contribution is 2.27. The Morgan fingerprint density at radius 1 is 1.32 bits per heavy atom. The minimum atomic E-state index is 0.0721. The van der Waals surface area contributed by atoms with Crippen molar-refractivity contribution in [3.63, 3.8) is 0 Å². The van der Waals surface area contributed by atoms with Crippen LogP contribution in [0, 0.1) is 11.3 Å². The number of benzene rings is 1. The van der Waals surface area contributed by atoms with Gasteiger partial charge in [0.05, 0.1) is 0 Å². The van der Waals surface area contributed by atoms with Crippen LogP contribution < -0.4 is 4.74 Å². The third-order valence-corrected chi connectivity index (χ3v) is 2.95. The number of rotatable bonds is 4. The molecule has 1 heterocycles. The number of likely N-dealkylation sites (N-methyl/N-ethyl adjacent to an activating group) is 1. The van der Waals surface area contributed by atoms with Crippen LogP contribution in [0.25, 0.3) is 5.70 Å². The molecule has 0 aliphatic carbocycles. The van der Waals surface area contributed by atoms with E-state index in [2.05, 4.69) is 24.5 Å². The first-order valence-corrected chi connectivity index (χ1v) is 6.21. The molecular formula is C16H16N2O. The lowest BCUT2D eigenvalue weighted by molar-refractivity contribution is 0.368. The predicted molar refractivity (Wildman–Crippen MR) is 76.2 cm³/mol. The summed E-state index contributed by atoms with van der Waals surface area (Å²) in [6.45, 7) is 7.09. The molecule has 0 aromatic heterocycles. The summed E-state index contributed by atoms with van der Waals surface area (Å²) in [5.41, 5.74) is 3.23. The van der Waals surface area contributed by atoms with Gasteiger partial charge in [0.15, 0.2) is 6.61 Å². The maximum Gasteiger partial charge on any atom is 0.174 e. The molecule has 1 aliphatic heterocycles. The van der Waals surface area contributed by atoms with E-state index in [1.165, 1.54) is 0 Å². The van der Waals surface area contributed by atoms with E-state index in [1.807, 2.05) is 42.5 Å². The minimum absolute atomic E-state index is 0.0721.